The van der Waals surface area contributed by atoms with Crippen molar-refractivity contribution < 1.29 is 14.1 Å². The van der Waals surface area contributed by atoms with Gasteiger partial charge in [0, 0.05) is 17.0 Å². The fraction of sp³-hybridized carbons (Fsp3) is 0.143. The van der Waals surface area contributed by atoms with Crippen LogP contribution in [0.1, 0.15) is 11.1 Å². The molecule has 0 radical (unpaired) electrons. The monoisotopic (exact) mass is 339 g/mol. The molecule has 0 saturated carbocycles. The van der Waals surface area contributed by atoms with Crippen molar-refractivity contribution in [2.45, 2.75) is 11.9 Å². The van der Waals surface area contributed by atoms with Gasteiger partial charge in [0.15, 0.2) is 5.75 Å². The van der Waals surface area contributed by atoms with Crippen molar-refractivity contribution in [1.29, 1.82) is 0 Å². The number of rotatable bonds is 5. The van der Waals surface area contributed by atoms with Crippen LogP contribution in [0.15, 0.2) is 42.5 Å². The van der Waals surface area contributed by atoms with Gasteiger partial charge in [0.2, 0.25) is 0 Å². The van der Waals surface area contributed by atoms with Crippen molar-refractivity contribution in [2.75, 3.05) is 0 Å². The molecule has 0 aliphatic heterocycles. The minimum Gasteiger partial charge on any atom is -0.482 e. The number of nitro benzene ring substituents is 1. The van der Waals surface area contributed by atoms with Crippen LogP contribution >= 0.6 is 15.9 Å². The normalized spacial score (nSPS) is 10.3. The van der Waals surface area contributed by atoms with Gasteiger partial charge in [0.1, 0.15) is 12.4 Å². The molecule has 2 aromatic carbocycles. The first kappa shape index (κ1) is 14.5. The molecule has 104 valence electrons. The van der Waals surface area contributed by atoms with Gasteiger partial charge in [-0.3, -0.25) is 10.1 Å². The Morgan fingerprint density at radius 3 is 2.65 bits per heavy atom. The smallest absolute Gasteiger partial charge is 0.311 e. The Morgan fingerprint density at radius 2 is 2.00 bits per heavy atom. The topological polar surface area (TPSA) is 52.4 Å². The second kappa shape index (κ2) is 6.47. The van der Waals surface area contributed by atoms with Crippen molar-refractivity contribution in [2.24, 2.45) is 0 Å². The Hall–Kier alpha value is -1.95. The van der Waals surface area contributed by atoms with Crippen LogP contribution in [0.2, 0.25) is 0 Å². The average molecular weight is 340 g/mol. The predicted molar refractivity (Wildman–Crippen MR) is 76.5 cm³/mol. The van der Waals surface area contributed by atoms with Crippen LogP contribution in [0.5, 0.6) is 5.75 Å². The van der Waals surface area contributed by atoms with E-state index in [0.29, 0.717) is 10.9 Å². The van der Waals surface area contributed by atoms with Gasteiger partial charge in [-0.05, 0) is 17.7 Å². The van der Waals surface area contributed by atoms with Crippen molar-refractivity contribution in [1.82, 2.24) is 0 Å². The molecule has 0 N–H and O–H groups in total. The first-order chi connectivity index (χ1) is 9.61. The summed E-state index contributed by atoms with van der Waals surface area (Å²) in [5.74, 6) is -0.268. The van der Waals surface area contributed by atoms with Crippen LogP contribution in [-0.2, 0) is 11.9 Å². The molecular weight excluding hydrogens is 329 g/mol. The largest absolute Gasteiger partial charge is 0.482 e. The highest BCUT2D eigenvalue weighted by atomic mass is 79.9. The molecular formula is C14H11BrFNO3. The Balaban J connectivity index is 2.21. The van der Waals surface area contributed by atoms with E-state index < -0.39 is 10.7 Å². The number of ether oxygens (including phenoxy) is 1. The van der Waals surface area contributed by atoms with E-state index in [4.69, 9.17) is 4.74 Å². The summed E-state index contributed by atoms with van der Waals surface area (Å²) < 4.78 is 18.8. The van der Waals surface area contributed by atoms with Gasteiger partial charge in [-0.25, -0.2) is 4.39 Å². The highest BCUT2D eigenvalue weighted by Gasteiger charge is 2.16. The first-order valence-electron chi connectivity index (χ1n) is 5.81. The Labute approximate surface area is 123 Å². The minimum atomic E-state index is -0.511. The summed E-state index contributed by atoms with van der Waals surface area (Å²) >= 11 is 3.24. The second-order valence-electron chi connectivity index (χ2n) is 4.07. The zero-order valence-electron chi connectivity index (χ0n) is 10.4. The van der Waals surface area contributed by atoms with E-state index >= 15 is 0 Å². The lowest BCUT2D eigenvalue weighted by Crippen LogP contribution is -2.01. The molecule has 0 saturated heterocycles. The molecule has 0 spiro atoms. The van der Waals surface area contributed by atoms with Crippen molar-refractivity contribution >= 4 is 21.6 Å². The first-order valence-corrected chi connectivity index (χ1v) is 6.93. The Kier molecular flexibility index (Phi) is 4.68. The molecule has 2 rings (SSSR count). The third kappa shape index (κ3) is 3.33. The van der Waals surface area contributed by atoms with Crippen LogP contribution in [0.25, 0.3) is 0 Å². The van der Waals surface area contributed by atoms with Gasteiger partial charge in [-0.15, -0.1) is 0 Å². The number of halogens is 2. The van der Waals surface area contributed by atoms with Gasteiger partial charge < -0.3 is 4.74 Å². The maximum absolute atomic E-state index is 13.5. The molecule has 0 amide bonds. The van der Waals surface area contributed by atoms with Gasteiger partial charge in [-0.1, -0.05) is 40.2 Å². The van der Waals surface area contributed by atoms with E-state index in [1.807, 2.05) is 0 Å². The third-order valence-corrected chi connectivity index (χ3v) is 3.36. The lowest BCUT2D eigenvalue weighted by atomic mass is 10.2. The van der Waals surface area contributed by atoms with Crippen LogP contribution < -0.4 is 4.74 Å². The molecule has 2 aromatic rings. The number of nitro groups is 1. The van der Waals surface area contributed by atoms with E-state index in [1.54, 1.807) is 24.3 Å². The average Bonchev–Trinajstić information content (AvgIpc) is 2.46. The fourth-order valence-electron chi connectivity index (χ4n) is 1.68. The quantitative estimate of drug-likeness (QED) is 0.465. The van der Waals surface area contributed by atoms with E-state index in [-0.39, 0.29) is 18.0 Å². The Bertz CT molecular complexity index is 634. The van der Waals surface area contributed by atoms with Gasteiger partial charge in [0.05, 0.1) is 4.92 Å². The van der Waals surface area contributed by atoms with Crippen molar-refractivity contribution in [3.63, 3.8) is 0 Å². The number of alkyl halides is 1. The van der Waals surface area contributed by atoms with Gasteiger partial charge in [-0.2, -0.15) is 0 Å². The predicted octanol–water partition coefficient (Wildman–Crippen LogP) is 4.21. The maximum Gasteiger partial charge on any atom is 0.311 e. The molecule has 6 heteroatoms. The summed E-state index contributed by atoms with van der Waals surface area (Å²) in [6.45, 7) is -0.0544. The zero-order chi connectivity index (χ0) is 14.5. The number of hydrogen-bond acceptors (Lipinski definition) is 3. The summed E-state index contributed by atoms with van der Waals surface area (Å²) in [6.07, 6.45) is 0. The van der Waals surface area contributed by atoms with Crippen molar-refractivity contribution in [3.05, 3.63) is 69.5 Å². The Morgan fingerprint density at radius 1 is 1.25 bits per heavy atom. The fourth-order valence-corrected chi connectivity index (χ4v) is 2.03. The molecule has 0 aromatic heterocycles. The SMILES string of the molecule is O=[N+]([O-])c1cc(CBr)ccc1OCc1ccccc1F. The van der Waals surface area contributed by atoms with E-state index in [2.05, 4.69) is 15.9 Å². The summed E-state index contributed by atoms with van der Waals surface area (Å²) in [7, 11) is 0. The highest BCUT2D eigenvalue weighted by molar-refractivity contribution is 9.08. The molecule has 0 heterocycles. The summed E-state index contributed by atoms with van der Waals surface area (Å²) in [6, 6.07) is 10.8. The number of hydrogen-bond donors (Lipinski definition) is 0. The highest BCUT2D eigenvalue weighted by Crippen LogP contribution is 2.29. The number of nitrogens with zero attached hydrogens (tertiary/aromatic N) is 1. The van der Waals surface area contributed by atoms with Gasteiger partial charge in [0.25, 0.3) is 0 Å². The molecule has 0 fully saturated rings. The molecule has 0 aliphatic rings. The summed E-state index contributed by atoms with van der Waals surface area (Å²) in [5.41, 5.74) is 1.000. The lowest BCUT2D eigenvalue weighted by Gasteiger charge is -2.08. The van der Waals surface area contributed by atoms with E-state index in [0.717, 1.165) is 5.56 Å². The minimum absolute atomic E-state index is 0.0544. The third-order valence-electron chi connectivity index (χ3n) is 2.72. The summed E-state index contributed by atoms with van der Waals surface area (Å²) in [4.78, 5) is 10.5. The molecule has 0 bridgehead atoms. The van der Waals surface area contributed by atoms with E-state index in [9.17, 15) is 14.5 Å². The molecule has 20 heavy (non-hydrogen) atoms. The standard InChI is InChI=1S/C14H11BrFNO3/c15-8-10-5-6-14(13(7-10)17(18)19)20-9-11-3-1-2-4-12(11)16/h1-7H,8-9H2. The van der Waals surface area contributed by atoms with Crippen LogP contribution in [0, 0.1) is 15.9 Å². The number of benzene rings is 2. The zero-order valence-corrected chi connectivity index (χ0v) is 12.0. The van der Waals surface area contributed by atoms with Gasteiger partial charge >= 0.3 is 5.69 Å². The van der Waals surface area contributed by atoms with Crippen molar-refractivity contribution in [3.8, 4) is 5.75 Å². The van der Waals surface area contributed by atoms with E-state index in [1.165, 1.54) is 18.2 Å². The summed E-state index contributed by atoms with van der Waals surface area (Å²) in [5, 5.41) is 11.5. The maximum atomic E-state index is 13.5. The van der Waals surface area contributed by atoms with Crippen LogP contribution in [0.4, 0.5) is 10.1 Å². The second-order valence-corrected chi connectivity index (χ2v) is 4.63. The molecule has 0 unspecified atom stereocenters. The molecule has 4 nitrogen and oxygen atoms in total. The molecule has 0 atom stereocenters. The molecule has 0 aliphatic carbocycles. The van der Waals surface area contributed by atoms with Crippen LogP contribution in [-0.4, -0.2) is 4.92 Å². The van der Waals surface area contributed by atoms with Crippen LogP contribution in [0.3, 0.4) is 0 Å². The lowest BCUT2D eigenvalue weighted by molar-refractivity contribution is -0.386.